The molecular weight excluding hydrogens is 393 g/mol. The molecular formula is C23H15F3N2O2. The molecule has 0 atom stereocenters. The van der Waals surface area contributed by atoms with Gasteiger partial charge in [0.05, 0.1) is 5.56 Å². The molecule has 1 aromatic heterocycles. The number of aldehydes is 1. The highest BCUT2D eigenvalue weighted by molar-refractivity contribution is 5.78. The molecule has 0 amide bonds. The Morgan fingerprint density at radius 1 is 0.900 bits per heavy atom. The third-order valence-corrected chi connectivity index (χ3v) is 4.71. The molecule has 30 heavy (non-hydrogen) atoms. The number of alkyl halides is 3. The van der Waals surface area contributed by atoms with E-state index in [9.17, 15) is 18.0 Å². The number of nitrogens with zero attached hydrogens (tertiary/aromatic N) is 2. The Morgan fingerprint density at radius 2 is 1.70 bits per heavy atom. The number of rotatable bonds is 4. The van der Waals surface area contributed by atoms with E-state index in [2.05, 4.69) is 10.1 Å². The largest absolute Gasteiger partial charge is 0.417 e. The lowest BCUT2D eigenvalue weighted by molar-refractivity contribution is -0.137. The summed E-state index contributed by atoms with van der Waals surface area (Å²) in [7, 11) is 0. The van der Waals surface area contributed by atoms with E-state index in [0.717, 1.165) is 11.6 Å². The second-order valence-corrected chi connectivity index (χ2v) is 6.74. The van der Waals surface area contributed by atoms with Gasteiger partial charge in [-0.25, -0.2) is 0 Å². The maximum Gasteiger partial charge on any atom is 0.417 e. The van der Waals surface area contributed by atoms with Crippen LogP contribution in [-0.4, -0.2) is 16.4 Å². The third kappa shape index (κ3) is 3.74. The van der Waals surface area contributed by atoms with Crippen molar-refractivity contribution >= 4 is 6.29 Å². The fraction of sp³-hybridized carbons (Fsp3) is 0.0870. The van der Waals surface area contributed by atoms with Gasteiger partial charge in [-0.2, -0.15) is 18.2 Å². The zero-order valence-corrected chi connectivity index (χ0v) is 15.8. The van der Waals surface area contributed by atoms with Gasteiger partial charge in [0.25, 0.3) is 5.89 Å². The van der Waals surface area contributed by atoms with E-state index >= 15 is 0 Å². The van der Waals surface area contributed by atoms with Gasteiger partial charge in [-0.1, -0.05) is 53.7 Å². The minimum absolute atomic E-state index is 0.0386. The fourth-order valence-corrected chi connectivity index (χ4v) is 3.23. The summed E-state index contributed by atoms with van der Waals surface area (Å²) >= 11 is 0. The van der Waals surface area contributed by atoms with Gasteiger partial charge in [-0.05, 0) is 41.8 Å². The number of aryl methyl sites for hydroxylation is 1. The van der Waals surface area contributed by atoms with Gasteiger partial charge in [-0.3, -0.25) is 4.79 Å². The molecule has 4 rings (SSSR count). The Kier molecular flexibility index (Phi) is 4.95. The van der Waals surface area contributed by atoms with Crippen molar-refractivity contribution in [3.63, 3.8) is 0 Å². The van der Waals surface area contributed by atoms with Crippen molar-refractivity contribution in [2.75, 3.05) is 0 Å². The lowest BCUT2D eigenvalue weighted by atomic mass is 9.94. The Morgan fingerprint density at radius 3 is 2.43 bits per heavy atom. The summed E-state index contributed by atoms with van der Waals surface area (Å²) in [4.78, 5) is 15.2. The van der Waals surface area contributed by atoms with Crippen molar-refractivity contribution < 1.29 is 22.5 Å². The summed E-state index contributed by atoms with van der Waals surface area (Å²) in [5, 5.41) is 3.84. The lowest BCUT2D eigenvalue weighted by Gasteiger charge is -2.15. The summed E-state index contributed by atoms with van der Waals surface area (Å²) in [5.74, 6) is 0.147. The van der Waals surface area contributed by atoms with Crippen LogP contribution < -0.4 is 0 Å². The quantitative estimate of drug-likeness (QED) is 0.377. The summed E-state index contributed by atoms with van der Waals surface area (Å²) in [6.45, 7) is 1.77. The van der Waals surface area contributed by atoms with Crippen molar-refractivity contribution in [3.05, 3.63) is 83.4 Å². The molecule has 0 aliphatic heterocycles. The molecule has 0 aliphatic rings. The van der Waals surface area contributed by atoms with Crippen LogP contribution in [0, 0.1) is 6.92 Å². The van der Waals surface area contributed by atoms with E-state index in [-0.39, 0.29) is 22.8 Å². The molecule has 0 spiro atoms. The average molecular weight is 408 g/mol. The Hall–Kier alpha value is -3.74. The van der Waals surface area contributed by atoms with Gasteiger partial charge in [0.15, 0.2) is 0 Å². The van der Waals surface area contributed by atoms with E-state index in [1.54, 1.807) is 55.5 Å². The predicted octanol–water partition coefficient (Wildman–Crippen LogP) is 6.21. The van der Waals surface area contributed by atoms with Crippen molar-refractivity contribution in [3.8, 4) is 34.0 Å². The highest BCUT2D eigenvalue weighted by Gasteiger charge is 2.34. The van der Waals surface area contributed by atoms with Crippen molar-refractivity contribution in [1.29, 1.82) is 0 Å². The number of carbonyl (C=O) groups is 1. The Labute approximate surface area is 170 Å². The van der Waals surface area contributed by atoms with Crippen LogP contribution in [0.2, 0.25) is 0 Å². The summed E-state index contributed by atoms with van der Waals surface area (Å²) in [6.07, 6.45) is -3.88. The van der Waals surface area contributed by atoms with Gasteiger partial charge in [-0.15, -0.1) is 0 Å². The van der Waals surface area contributed by atoms with Crippen LogP contribution in [0.25, 0.3) is 34.0 Å². The van der Waals surface area contributed by atoms with E-state index < -0.39 is 11.7 Å². The number of hydrogen-bond donors (Lipinski definition) is 0. The summed E-state index contributed by atoms with van der Waals surface area (Å²) in [6, 6.07) is 17.4. The SMILES string of the molecule is Cc1ccccc1-c1ccc(-c2nc(-c3cccc(C=O)c3)no2)cc1C(F)(F)F. The number of hydrogen-bond acceptors (Lipinski definition) is 4. The van der Waals surface area contributed by atoms with E-state index in [0.29, 0.717) is 23.0 Å². The van der Waals surface area contributed by atoms with Crippen LogP contribution >= 0.6 is 0 Å². The Balaban J connectivity index is 1.78. The molecule has 0 radical (unpaired) electrons. The molecule has 0 saturated heterocycles. The van der Waals surface area contributed by atoms with Crippen molar-refractivity contribution in [2.24, 2.45) is 0 Å². The number of halogens is 3. The molecule has 3 aromatic carbocycles. The molecule has 150 valence electrons. The summed E-state index contributed by atoms with van der Waals surface area (Å²) < 4.78 is 46.6. The minimum atomic E-state index is -4.56. The van der Waals surface area contributed by atoms with E-state index in [1.165, 1.54) is 12.1 Å². The third-order valence-electron chi connectivity index (χ3n) is 4.71. The normalized spacial score (nSPS) is 11.5. The highest BCUT2D eigenvalue weighted by Crippen LogP contribution is 2.40. The van der Waals surface area contributed by atoms with Crippen molar-refractivity contribution in [2.45, 2.75) is 13.1 Å². The first-order valence-electron chi connectivity index (χ1n) is 9.04. The monoisotopic (exact) mass is 408 g/mol. The first-order chi connectivity index (χ1) is 14.4. The maximum absolute atomic E-state index is 13.8. The molecule has 0 N–H and O–H groups in total. The molecule has 0 fully saturated rings. The second-order valence-electron chi connectivity index (χ2n) is 6.74. The second kappa shape index (κ2) is 7.59. The fourth-order valence-electron chi connectivity index (χ4n) is 3.23. The minimum Gasteiger partial charge on any atom is -0.334 e. The zero-order valence-electron chi connectivity index (χ0n) is 15.8. The molecule has 0 unspecified atom stereocenters. The maximum atomic E-state index is 13.8. The molecule has 4 nitrogen and oxygen atoms in total. The standard InChI is InChI=1S/C23H15F3N2O2/c1-14-5-2-3-8-18(14)19-10-9-17(12-20(19)23(24,25)26)22-27-21(28-30-22)16-7-4-6-15(11-16)13-29/h2-13H,1H3. The zero-order chi connectivity index (χ0) is 21.3. The van der Waals surface area contributed by atoms with Crippen LogP contribution in [0.4, 0.5) is 13.2 Å². The first-order valence-corrected chi connectivity index (χ1v) is 9.04. The Bertz CT molecular complexity index is 1230. The molecule has 1 heterocycles. The number of carbonyl (C=O) groups excluding carboxylic acids is 1. The number of aromatic nitrogens is 2. The predicted molar refractivity (Wildman–Crippen MR) is 106 cm³/mol. The van der Waals surface area contributed by atoms with E-state index in [4.69, 9.17) is 4.52 Å². The molecule has 7 heteroatoms. The smallest absolute Gasteiger partial charge is 0.334 e. The summed E-state index contributed by atoms with van der Waals surface area (Å²) in [5.41, 5.74) is 1.67. The van der Waals surface area contributed by atoms with Crippen LogP contribution in [0.15, 0.2) is 71.3 Å². The van der Waals surface area contributed by atoms with Gasteiger partial charge < -0.3 is 4.52 Å². The van der Waals surface area contributed by atoms with Crippen molar-refractivity contribution in [1.82, 2.24) is 10.1 Å². The van der Waals surface area contributed by atoms with Gasteiger partial charge >= 0.3 is 6.18 Å². The number of benzene rings is 3. The van der Waals surface area contributed by atoms with E-state index in [1.807, 2.05) is 0 Å². The average Bonchev–Trinajstić information content (AvgIpc) is 3.23. The molecule has 0 saturated carbocycles. The molecule has 0 aliphatic carbocycles. The lowest BCUT2D eigenvalue weighted by Crippen LogP contribution is -2.08. The molecule has 0 bridgehead atoms. The highest BCUT2D eigenvalue weighted by atomic mass is 19.4. The van der Waals surface area contributed by atoms with Gasteiger partial charge in [0.2, 0.25) is 5.82 Å². The topological polar surface area (TPSA) is 56.0 Å². The van der Waals surface area contributed by atoms with Crippen LogP contribution in [0.1, 0.15) is 21.5 Å². The van der Waals surface area contributed by atoms with Gasteiger partial charge in [0, 0.05) is 16.7 Å². The molecule has 4 aromatic rings. The van der Waals surface area contributed by atoms with Crippen LogP contribution in [0.3, 0.4) is 0 Å². The van der Waals surface area contributed by atoms with Crippen LogP contribution in [-0.2, 0) is 6.18 Å². The first kappa shape index (κ1) is 19.6. The van der Waals surface area contributed by atoms with Gasteiger partial charge in [0.1, 0.15) is 6.29 Å². The van der Waals surface area contributed by atoms with Crippen LogP contribution in [0.5, 0.6) is 0 Å².